The van der Waals surface area contributed by atoms with Gasteiger partial charge in [-0.1, -0.05) is 121 Å². The number of hydrogen-bond acceptors (Lipinski definition) is 5. The average Bonchev–Trinajstić information content (AvgIpc) is 3.68. The van der Waals surface area contributed by atoms with Crippen LogP contribution in [0.3, 0.4) is 0 Å². The van der Waals surface area contributed by atoms with Crippen LogP contribution < -0.4 is 0 Å². The number of fused-ring (bicyclic) bond motifs is 2. The van der Waals surface area contributed by atoms with Gasteiger partial charge in [0.05, 0.1) is 10.8 Å². The van der Waals surface area contributed by atoms with Crippen molar-refractivity contribution in [3.63, 3.8) is 0 Å². The molecular formula is C36H31NO4S. The maximum absolute atomic E-state index is 14.3. The van der Waals surface area contributed by atoms with Gasteiger partial charge < -0.3 is 9.64 Å². The summed E-state index contributed by atoms with van der Waals surface area (Å²) in [7, 11) is 0. The molecule has 6 heteroatoms. The number of esters is 1. The highest BCUT2D eigenvalue weighted by Crippen LogP contribution is 2.78. The number of benzene rings is 4. The Balaban J connectivity index is 1.22. The number of nitrogens with zero attached hydrogens (tertiary/aromatic N) is 1. The van der Waals surface area contributed by atoms with E-state index in [2.05, 4.69) is 0 Å². The smallest absolute Gasteiger partial charge is 0.331 e. The first-order valence-electron chi connectivity index (χ1n) is 14.3. The SMILES string of the molecule is CC1(C)S[C@H]2N(C(=O)[C@@]23[C@H](c2ccccc2)[C@@H]3C(=O)c2ccccc2)[C@H]1C(=O)OC(c1ccccc1)c1ccccc1. The van der Waals surface area contributed by atoms with Crippen LogP contribution in [0.2, 0.25) is 0 Å². The van der Waals surface area contributed by atoms with Gasteiger partial charge in [0, 0.05) is 22.1 Å². The molecule has 3 fully saturated rings. The van der Waals surface area contributed by atoms with Crippen molar-refractivity contribution in [1.82, 2.24) is 4.90 Å². The summed E-state index contributed by atoms with van der Waals surface area (Å²) in [6, 6.07) is 37.6. The fraction of sp³-hybridized carbons (Fsp3) is 0.250. The van der Waals surface area contributed by atoms with Gasteiger partial charge in [-0.15, -0.1) is 11.8 Å². The number of thioether (sulfide) groups is 1. The summed E-state index contributed by atoms with van der Waals surface area (Å²) in [6.07, 6.45) is -0.601. The van der Waals surface area contributed by atoms with E-state index in [1.165, 1.54) is 0 Å². The first kappa shape index (κ1) is 26.7. The lowest BCUT2D eigenvalue weighted by atomic mass is 9.84. The first-order chi connectivity index (χ1) is 20.4. The summed E-state index contributed by atoms with van der Waals surface area (Å²) in [5.74, 6) is -1.30. The lowest BCUT2D eigenvalue weighted by Crippen LogP contribution is -2.65. The van der Waals surface area contributed by atoms with E-state index in [0.717, 1.165) is 16.7 Å². The number of ether oxygens (including phenoxy) is 1. The fourth-order valence-corrected chi connectivity index (χ4v) is 8.95. The molecule has 4 aromatic rings. The predicted octanol–water partition coefficient (Wildman–Crippen LogP) is 6.66. The van der Waals surface area contributed by atoms with Gasteiger partial charge in [0.25, 0.3) is 0 Å². The lowest BCUT2D eigenvalue weighted by Gasteiger charge is -2.46. The Kier molecular flexibility index (Phi) is 6.35. The van der Waals surface area contributed by atoms with Crippen LogP contribution in [-0.2, 0) is 14.3 Å². The van der Waals surface area contributed by atoms with Crippen LogP contribution in [0.25, 0.3) is 0 Å². The predicted molar refractivity (Wildman–Crippen MR) is 163 cm³/mol. The molecule has 4 aromatic carbocycles. The van der Waals surface area contributed by atoms with Crippen LogP contribution in [0.15, 0.2) is 121 Å². The molecule has 210 valence electrons. The normalized spacial score (nSPS) is 26.9. The van der Waals surface area contributed by atoms with Crippen molar-refractivity contribution in [2.24, 2.45) is 11.3 Å². The molecule has 42 heavy (non-hydrogen) atoms. The second-order valence-corrected chi connectivity index (χ2v) is 13.6. The lowest BCUT2D eigenvalue weighted by molar-refractivity contribution is -0.171. The van der Waals surface area contributed by atoms with Crippen molar-refractivity contribution in [3.05, 3.63) is 144 Å². The van der Waals surface area contributed by atoms with Gasteiger partial charge in [0.1, 0.15) is 6.04 Å². The molecule has 2 heterocycles. The van der Waals surface area contributed by atoms with Crippen molar-refractivity contribution in [2.45, 2.75) is 42.0 Å². The average molecular weight is 574 g/mol. The number of β-lactam (4-membered cyclic amide) rings is 1. The Morgan fingerprint density at radius 1 is 0.762 bits per heavy atom. The molecule has 5 atom stereocenters. The van der Waals surface area contributed by atoms with E-state index < -0.39 is 34.2 Å². The van der Waals surface area contributed by atoms with Crippen molar-refractivity contribution >= 4 is 29.4 Å². The summed E-state index contributed by atoms with van der Waals surface area (Å²) in [6.45, 7) is 3.99. The Morgan fingerprint density at radius 3 is 1.81 bits per heavy atom. The van der Waals surface area contributed by atoms with Gasteiger partial charge in [-0.2, -0.15) is 0 Å². The van der Waals surface area contributed by atoms with Crippen LogP contribution >= 0.6 is 11.8 Å². The topological polar surface area (TPSA) is 63.7 Å². The summed E-state index contributed by atoms with van der Waals surface area (Å²) in [4.78, 5) is 44.0. The summed E-state index contributed by atoms with van der Waals surface area (Å²) < 4.78 is 5.67. The molecule has 0 aromatic heterocycles. The number of hydrogen-bond donors (Lipinski definition) is 0. The van der Waals surface area contributed by atoms with E-state index in [1.807, 2.05) is 135 Å². The third kappa shape index (κ3) is 3.96. The molecule has 0 N–H and O–H groups in total. The van der Waals surface area contributed by atoms with Gasteiger partial charge in [-0.3, -0.25) is 9.59 Å². The largest absolute Gasteiger partial charge is 0.451 e. The Bertz CT molecular complexity index is 1600. The summed E-state index contributed by atoms with van der Waals surface area (Å²) in [5, 5.41) is -0.299. The Labute approximate surface area is 249 Å². The molecule has 0 unspecified atom stereocenters. The van der Waals surface area contributed by atoms with Crippen LogP contribution in [0.5, 0.6) is 0 Å². The number of ketones is 1. The highest BCUT2D eigenvalue weighted by molar-refractivity contribution is 8.01. The molecule has 5 nitrogen and oxygen atoms in total. The van der Waals surface area contributed by atoms with E-state index >= 15 is 0 Å². The van der Waals surface area contributed by atoms with E-state index in [-0.39, 0.29) is 23.0 Å². The molecule has 1 aliphatic carbocycles. The molecule has 1 spiro atoms. The fourth-order valence-electron chi connectivity index (χ4n) is 7.12. The van der Waals surface area contributed by atoms with Gasteiger partial charge in [0.15, 0.2) is 11.9 Å². The van der Waals surface area contributed by atoms with Gasteiger partial charge >= 0.3 is 5.97 Å². The Hall–Kier alpha value is -4.16. The highest BCUT2D eigenvalue weighted by atomic mass is 32.2. The molecule has 2 aliphatic heterocycles. The number of carbonyl (C=O) groups excluding carboxylic acids is 3. The molecule has 1 saturated carbocycles. The molecule has 2 saturated heterocycles. The van der Waals surface area contributed by atoms with Crippen LogP contribution in [0.4, 0.5) is 0 Å². The standard InChI is InChI=1S/C36H31NO4S/c1-35(2)31(32(39)41-30(25-19-11-5-12-20-25)26-21-13-6-14-22-26)37-33(40)36(34(37)42-35)27(23-15-7-3-8-16-23)28(36)29(38)24-17-9-4-10-18-24/h3-22,27-28,30-31,34H,1-2H3/t27-,28-,31+,34-,36+/m1/s1. The molecule has 0 radical (unpaired) electrons. The molecule has 1 amide bonds. The van der Waals surface area contributed by atoms with Crippen molar-refractivity contribution in [1.29, 1.82) is 0 Å². The zero-order valence-electron chi connectivity index (χ0n) is 23.4. The van der Waals surface area contributed by atoms with Crippen LogP contribution in [-0.4, -0.2) is 38.7 Å². The minimum absolute atomic E-state index is 0.0184. The second-order valence-electron chi connectivity index (χ2n) is 11.9. The maximum atomic E-state index is 14.3. The van der Waals surface area contributed by atoms with E-state index in [0.29, 0.717) is 5.56 Å². The number of Topliss-reactive ketones (excluding diaryl/α,β-unsaturated/α-hetero) is 1. The number of amides is 1. The van der Waals surface area contributed by atoms with E-state index in [4.69, 9.17) is 4.74 Å². The Morgan fingerprint density at radius 2 is 1.26 bits per heavy atom. The van der Waals surface area contributed by atoms with Crippen molar-refractivity contribution in [2.75, 3.05) is 0 Å². The van der Waals surface area contributed by atoms with Crippen molar-refractivity contribution < 1.29 is 19.1 Å². The van der Waals surface area contributed by atoms with Crippen LogP contribution in [0, 0.1) is 11.3 Å². The molecule has 7 rings (SSSR count). The molecule has 3 aliphatic rings. The number of rotatable bonds is 7. The molecular weight excluding hydrogens is 542 g/mol. The zero-order valence-corrected chi connectivity index (χ0v) is 24.2. The van der Waals surface area contributed by atoms with Crippen molar-refractivity contribution in [3.8, 4) is 0 Å². The van der Waals surface area contributed by atoms with E-state index in [1.54, 1.807) is 16.7 Å². The van der Waals surface area contributed by atoms with E-state index in [9.17, 15) is 14.4 Å². The third-order valence-electron chi connectivity index (χ3n) is 9.03. The van der Waals surface area contributed by atoms with Crippen LogP contribution in [0.1, 0.15) is 52.9 Å². The van der Waals surface area contributed by atoms with Gasteiger partial charge in [0.2, 0.25) is 5.91 Å². The summed E-state index contributed by atoms with van der Waals surface area (Å²) >= 11 is 1.61. The zero-order chi connectivity index (χ0) is 29.1. The summed E-state index contributed by atoms with van der Waals surface area (Å²) in [5.41, 5.74) is 2.45. The highest BCUT2D eigenvalue weighted by Gasteiger charge is 2.87. The number of carbonyl (C=O) groups is 3. The second kappa shape index (κ2) is 9.99. The molecule has 0 bridgehead atoms. The quantitative estimate of drug-likeness (QED) is 0.141. The minimum Gasteiger partial charge on any atom is -0.451 e. The maximum Gasteiger partial charge on any atom is 0.331 e. The minimum atomic E-state index is -0.872. The van der Waals surface area contributed by atoms with Gasteiger partial charge in [-0.05, 0) is 30.5 Å². The third-order valence-corrected chi connectivity index (χ3v) is 10.7. The first-order valence-corrected chi connectivity index (χ1v) is 15.2. The monoisotopic (exact) mass is 573 g/mol. The van der Waals surface area contributed by atoms with Gasteiger partial charge in [-0.25, -0.2) is 4.79 Å².